The van der Waals surface area contributed by atoms with Crippen LogP contribution in [0, 0.1) is 0 Å². The number of nitrogens with zero attached hydrogens (tertiary/aromatic N) is 5. The molecule has 12 heteroatoms. The predicted molar refractivity (Wildman–Crippen MR) is 118 cm³/mol. The van der Waals surface area contributed by atoms with Gasteiger partial charge in [-0.25, -0.2) is 28.1 Å². The molecule has 0 bridgehead atoms. The monoisotopic (exact) mass is 480 g/mol. The second-order valence-electron chi connectivity index (χ2n) is 9.11. The number of hydrogen-bond donors (Lipinski definition) is 1. The van der Waals surface area contributed by atoms with Gasteiger partial charge in [-0.1, -0.05) is 11.6 Å². The average molecular weight is 481 g/mol. The van der Waals surface area contributed by atoms with Crippen molar-refractivity contribution in [1.82, 2.24) is 24.1 Å². The van der Waals surface area contributed by atoms with E-state index >= 15 is 0 Å². The van der Waals surface area contributed by atoms with Crippen molar-refractivity contribution >= 4 is 29.0 Å². The highest BCUT2D eigenvalue weighted by atomic mass is 35.5. The van der Waals surface area contributed by atoms with Crippen molar-refractivity contribution in [1.29, 1.82) is 0 Å². The highest BCUT2D eigenvalue weighted by Crippen LogP contribution is 2.39. The minimum atomic E-state index is -2.67. The van der Waals surface area contributed by atoms with E-state index in [1.807, 2.05) is 0 Å². The molecular weight excluding hydrogens is 458 g/mol. The maximum absolute atomic E-state index is 13.1. The number of carbonyl (C=O) groups is 1. The van der Waals surface area contributed by atoms with Crippen molar-refractivity contribution < 1.29 is 18.3 Å². The van der Waals surface area contributed by atoms with Crippen molar-refractivity contribution in [3.05, 3.63) is 40.2 Å². The summed E-state index contributed by atoms with van der Waals surface area (Å²) in [6.07, 6.45) is 3.61. The molecule has 1 aliphatic rings. The largest absolute Gasteiger partial charge is 0.458 e. The Balaban J connectivity index is 1.64. The molecule has 3 aromatic heterocycles. The van der Waals surface area contributed by atoms with E-state index in [2.05, 4.69) is 20.4 Å². The first-order valence-corrected chi connectivity index (χ1v) is 10.7. The summed E-state index contributed by atoms with van der Waals surface area (Å²) in [5.41, 5.74) is -0.145. The molecule has 1 fully saturated rings. The molecule has 0 amide bonds. The Morgan fingerprint density at radius 3 is 2.70 bits per heavy atom. The van der Waals surface area contributed by atoms with Gasteiger partial charge in [0.1, 0.15) is 23.5 Å². The Morgan fingerprint density at radius 2 is 2.06 bits per heavy atom. The van der Waals surface area contributed by atoms with E-state index in [1.165, 1.54) is 21.6 Å². The van der Waals surface area contributed by atoms with Gasteiger partial charge in [-0.3, -0.25) is 9.36 Å². The summed E-state index contributed by atoms with van der Waals surface area (Å²) in [5, 5.41) is 7.30. The van der Waals surface area contributed by atoms with Crippen molar-refractivity contribution in [3.63, 3.8) is 0 Å². The average Bonchev–Trinajstić information content (AvgIpc) is 3.11. The fourth-order valence-electron chi connectivity index (χ4n) is 3.49. The smallest absolute Gasteiger partial charge is 0.329 e. The van der Waals surface area contributed by atoms with Crippen LogP contribution in [0.3, 0.4) is 0 Å². The van der Waals surface area contributed by atoms with Crippen LogP contribution in [-0.2, 0) is 9.53 Å². The molecule has 1 N–H and O–H groups in total. The van der Waals surface area contributed by atoms with Crippen LogP contribution in [-0.4, -0.2) is 47.7 Å². The molecule has 1 atom stereocenters. The number of ether oxygens (including phenoxy) is 1. The molecule has 9 nitrogen and oxygen atoms in total. The number of esters is 1. The molecule has 3 aromatic rings. The Labute approximate surface area is 192 Å². The van der Waals surface area contributed by atoms with Crippen LogP contribution in [0.15, 0.2) is 29.6 Å². The molecule has 0 aliphatic heterocycles. The summed E-state index contributed by atoms with van der Waals surface area (Å²) < 4.78 is 34.1. The summed E-state index contributed by atoms with van der Waals surface area (Å²) in [6.45, 7) is 6.78. The Morgan fingerprint density at radius 1 is 1.36 bits per heavy atom. The Hall–Kier alpha value is -3.08. The van der Waals surface area contributed by atoms with Crippen LogP contribution < -0.4 is 10.9 Å². The van der Waals surface area contributed by atoms with Crippen LogP contribution in [0.5, 0.6) is 0 Å². The van der Waals surface area contributed by atoms with Gasteiger partial charge < -0.3 is 10.1 Å². The minimum absolute atomic E-state index is 0.161. The first kappa shape index (κ1) is 23.1. The van der Waals surface area contributed by atoms with E-state index in [-0.39, 0.29) is 29.3 Å². The van der Waals surface area contributed by atoms with Gasteiger partial charge >= 0.3 is 5.97 Å². The highest BCUT2D eigenvalue weighted by Gasteiger charge is 2.45. The molecule has 0 radical (unpaired) electrons. The number of nitrogens with one attached hydrogen (secondary N) is 1. The van der Waals surface area contributed by atoms with E-state index in [0.29, 0.717) is 11.3 Å². The lowest BCUT2D eigenvalue weighted by Crippen LogP contribution is -2.44. The van der Waals surface area contributed by atoms with Gasteiger partial charge in [-0.15, -0.1) is 0 Å². The molecule has 33 heavy (non-hydrogen) atoms. The standard InChI is InChI=1S/C21H23ClF2N6O3/c1-11(18(32)33-20(2,3)4)29-10-26-30-9-12(5-15(30)17(29)31)16-14(22)8-25-19(28-16)27-13-6-21(23,24)7-13/h5,8-11,13H,6-7H2,1-4H3,(H,25,27,28). The topological polar surface area (TPSA) is 103 Å². The second-order valence-corrected chi connectivity index (χ2v) is 9.51. The van der Waals surface area contributed by atoms with Crippen LogP contribution >= 0.6 is 11.6 Å². The van der Waals surface area contributed by atoms with Crippen LogP contribution in [0.25, 0.3) is 16.8 Å². The molecule has 4 rings (SSSR count). The summed E-state index contributed by atoms with van der Waals surface area (Å²) in [7, 11) is 0. The number of rotatable bonds is 5. The zero-order valence-corrected chi connectivity index (χ0v) is 19.2. The van der Waals surface area contributed by atoms with Gasteiger partial charge in [0.2, 0.25) is 5.95 Å². The fraction of sp³-hybridized carbons (Fsp3) is 0.476. The summed E-state index contributed by atoms with van der Waals surface area (Å²) in [4.78, 5) is 33.8. The van der Waals surface area contributed by atoms with Crippen molar-refractivity contribution in [3.8, 4) is 11.3 Å². The maximum atomic E-state index is 13.1. The molecule has 3 heterocycles. The first-order chi connectivity index (χ1) is 15.3. The zero-order chi connectivity index (χ0) is 24.1. The second kappa shape index (κ2) is 8.05. The fourth-order valence-corrected chi connectivity index (χ4v) is 3.69. The SMILES string of the molecule is CC(C(=O)OC(C)(C)C)n1cnn2cc(-c3nc(NC4CC(F)(F)C4)ncc3Cl)cc2c1=O. The van der Waals surface area contributed by atoms with Gasteiger partial charge in [-0.05, 0) is 33.8 Å². The number of anilines is 1. The summed E-state index contributed by atoms with van der Waals surface area (Å²) in [6, 6.07) is 0.236. The number of alkyl halides is 2. The first-order valence-electron chi connectivity index (χ1n) is 10.3. The summed E-state index contributed by atoms with van der Waals surface area (Å²) in [5.74, 6) is -3.07. The van der Waals surface area contributed by atoms with E-state index in [0.717, 1.165) is 0 Å². The van der Waals surface area contributed by atoms with Crippen molar-refractivity contribution in [2.75, 3.05) is 5.32 Å². The van der Waals surface area contributed by atoms with E-state index < -0.39 is 35.1 Å². The van der Waals surface area contributed by atoms with Crippen LogP contribution in [0.1, 0.15) is 46.6 Å². The van der Waals surface area contributed by atoms with E-state index in [9.17, 15) is 18.4 Å². The van der Waals surface area contributed by atoms with Gasteiger partial charge in [0.15, 0.2) is 0 Å². The maximum Gasteiger partial charge on any atom is 0.329 e. The third kappa shape index (κ3) is 4.82. The number of fused-ring (bicyclic) bond motifs is 1. The molecule has 0 spiro atoms. The quantitative estimate of drug-likeness (QED) is 0.555. The van der Waals surface area contributed by atoms with Gasteiger partial charge in [-0.2, -0.15) is 5.10 Å². The van der Waals surface area contributed by atoms with Crippen molar-refractivity contribution in [2.45, 2.75) is 64.1 Å². The lowest BCUT2D eigenvalue weighted by Gasteiger charge is -2.35. The molecular formula is C21H23ClF2N6O3. The molecule has 1 aliphatic carbocycles. The minimum Gasteiger partial charge on any atom is -0.458 e. The molecule has 176 valence electrons. The zero-order valence-electron chi connectivity index (χ0n) is 18.5. The highest BCUT2D eigenvalue weighted by molar-refractivity contribution is 6.32. The third-order valence-corrected chi connectivity index (χ3v) is 5.44. The van der Waals surface area contributed by atoms with Crippen molar-refractivity contribution in [2.24, 2.45) is 0 Å². The van der Waals surface area contributed by atoms with Gasteiger partial charge in [0.05, 0.1) is 16.9 Å². The van der Waals surface area contributed by atoms with E-state index in [4.69, 9.17) is 16.3 Å². The Kier molecular flexibility index (Phi) is 5.63. The number of aromatic nitrogens is 5. The molecule has 1 saturated carbocycles. The van der Waals surface area contributed by atoms with Gasteiger partial charge in [0, 0.05) is 30.6 Å². The predicted octanol–water partition coefficient (Wildman–Crippen LogP) is 3.72. The molecule has 0 saturated heterocycles. The number of hydrogen-bond acceptors (Lipinski definition) is 7. The number of halogens is 3. The van der Waals surface area contributed by atoms with Gasteiger partial charge in [0.25, 0.3) is 11.5 Å². The Bertz CT molecular complexity index is 1280. The summed E-state index contributed by atoms with van der Waals surface area (Å²) >= 11 is 6.27. The number of carbonyl (C=O) groups excluding carboxylic acids is 1. The van der Waals surface area contributed by atoms with Crippen LogP contribution in [0.4, 0.5) is 14.7 Å². The lowest BCUT2D eigenvalue weighted by atomic mass is 9.88. The van der Waals surface area contributed by atoms with E-state index in [1.54, 1.807) is 40.0 Å². The lowest BCUT2D eigenvalue weighted by molar-refractivity contribution is -0.158. The van der Waals surface area contributed by atoms with Crippen LogP contribution in [0.2, 0.25) is 5.02 Å². The molecule has 1 unspecified atom stereocenters. The molecule has 0 aromatic carbocycles. The normalized spacial score (nSPS) is 16.9. The third-order valence-electron chi connectivity index (χ3n) is 5.16.